The first-order valence-corrected chi connectivity index (χ1v) is 8.83. The molecule has 1 amide bonds. The Balaban J connectivity index is 1.51. The Morgan fingerprint density at radius 2 is 2.41 bits per heavy atom. The molecule has 3 heterocycles. The normalized spacial score (nSPS) is 23.0. The SMILES string of the molecule is CCn1nccc1C(=O)N1CC2(CC(NCCOC)CS2)C1. The Labute approximate surface area is 135 Å². The van der Waals surface area contributed by atoms with Crippen LogP contribution in [0.15, 0.2) is 12.3 Å². The minimum Gasteiger partial charge on any atom is -0.383 e. The Hall–Kier alpha value is -1.05. The summed E-state index contributed by atoms with van der Waals surface area (Å²) in [6.07, 6.45) is 2.84. The molecular weight excluding hydrogens is 300 g/mol. The molecule has 0 aliphatic carbocycles. The number of ether oxygens (including phenoxy) is 1. The van der Waals surface area contributed by atoms with E-state index in [0.717, 1.165) is 45.0 Å². The van der Waals surface area contributed by atoms with E-state index in [0.29, 0.717) is 11.7 Å². The minimum absolute atomic E-state index is 0.112. The number of thioether (sulfide) groups is 1. The number of hydrogen-bond acceptors (Lipinski definition) is 5. The predicted molar refractivity (Wildman–Crippen MR) is 87.3 cm³/mol. The smallest absolute Gasteiger partial charge is 0.272 e. The van der Waals surface area contributed by atoms with E-state index in [9.17, 15) is 4.79 Å². The van der Waals surface area contributed by atoms with E-state index in [2.05, 4.69) is 10.4 Å². The first-order chi connectivity index (χ1) is 10.7. The largest absolute Gasteiger partial charge is 0.383 e. The van der Waals surface area contributed by atoms with Crippen LogP contribution in [0.1, 0.15) is 23.8 Å². The molecule has 1 aromatic heterocycles. The predicted octanol–water partition coefficient (Wildman–Crippen LogP) is 0.839. The molecule has 1 spiro atoms. The van der Waals surface area contributed by atoms with Gasteiger partial charge in [-0.05, 0) is 19.4 Å². The van der Waals surface area contributed by atoms with Crippen LogP contribution in [-0.4, -0.2) is 70.5 Å². The van der Waals surface area contributed by atoms with Crippen molar-refractivity contribution in [3.8, 4) is 0 Å². The van der Waals surface area contributed by atoms with Crippen molar-refractivity contribution >= 4 is 17.7 Å². The summed E-state index contributed by atoms with van der Waals surface area (Å²) in [4.78, 5) is 14.5. The fourth-order valence-electron chi connectivity index (χ4n) is 3.28. The van der Waals surface area contributed by atoms with Gasteiger partial charge in [-0.15, -0.1) is 11.8 Å². The molecule has 2 aliphatic rings. The summed E-state index contributed by atoms with van der Waals surface area (Å²) in [7, 11) is 1.73. The Kier molecular flexibility index (Phi) is 4.75. The molecule has 3 rings (SSSR count). The van der Waals surface area contributed by atoms with Gasteiger partial charge in [0, 0.05) is 51.3 Å². The van der Waals surface area contributed by atoms with Crippen molar-refractivity contribution in [2.45, 2.75) is 30.7 Å². The van der Waals surface area contributed by atoms with Gasteiger partial charge in [-0.3, -0.25) is 9.48 Å². The van der Waals surface area contributed by atoms with Gasteiger partial charge in [0.05, 0.1) is 11.4 Å². The molecule has 2 aliphatic heterocycles. The molecule has 0 radical (unpaired) electrons. The molecule has 2 fully saturated rings. The summed E-state index contributed by atoms with van der Waals surface area (Å²) in [5, 5.41) is 7.71. The lowest BCUT2D eigenvalue weighted by Gasteiger charge is -2.47. The van der Waals surface area contributed by atoms with Gasteiger partial charge in [0.2, 0.25) is 0 Å². The number of rotatable bonds is 6. The lowest BCUT2D eigenvalue weighted by Crippen LogP contribution is -2.61. The number of aromatic nitrogens is 2. The third-order valence-corrected chi connectivity index (χ3v) is 6.04. The minimum atomic E-state index is 0.112. The van der Waals surface area contributed by atoms with Gasteiger partial charge >= 0.3 is 0 Å². The molecule has 1 unspecified atom stereocenters. The van der Waals surface area contributed by atoms with Crippen LogP contribution in [0.25, 0.3) is 0 Å². The number of carbonyl (C=O) groups excluding carboxylic acids is 1. The zero-order valence-electron chi connectivity index (χ0n) is 13.2. The fraction of sp³-hybridized carbons (Fsp3) is 0.733. The molecule has 2 saturated heterocycles. The van der Waals surface area contributed by atoms with E-state index < -0.39 is 0 Å². The van der Waals surface area contributed by atoms with Crippen molar-refractivity contribution in [1.82, 2.24) is 20.0 Å². The number of nitrogens with one attached hydrogen (secondary N) is 1. The first kappa shape index (κ1) is 15.8. The number of methoxy groups -OCH3 is 1. The quantitative estimate of drug-likeness (QED) is 0.786. The average Bonchev–Trinajstić information content (AvgIpc) is 3.12. The number of nitrogens with zero attached hydrogens (tertiary/aromatic N) is 3. The van der Waals surface area contributed by atoms with Crippen molar-refractivity contribution in [2.75, 3.05) is 39.1 Å². The van der Waals surface area contributed by atoms with Gasteiger partial charge in [-0.1, -0.05) is 0 Å². The number of aryl methyl sites for hydroxylation is 1. The Morgan fingerprint density at radius 3 is 3.14 bits per heavy atom. The van der Waals surface area contributed by atoms with Gasteiger partial charge in [0.15, 0.2) is 0 Å². The Bertz CT molecular complexity index is 527. The van der Waals surface area contributed by atoms with Crippen LogP contribution in [0.3, 0.4) is 0 Å². The molecule has 0 bridgehead atoms. The second-order valence-corrected chi connectivity index (χ2v) is 7.52. The van der Waals surface area contributed by atoms with Crippen LogP contribution >= 0.6 is 11.8 Å². The third kappa shape index (κ3) is 3.02. The maximum atomic E-state index is 12.5. The zero-order valence-corrected chi connectivity index (χ0v) is 14.1. The van der Waals surface area contributed by atoms with E-state index in [-0.39, 0.29) is 10.7 Å². The van der Waals surface area contributed by atoms with E-state index in [1.807, 2.05) is 29.7 Å². The molecule has 1 N–H and O–H groups in total. The lowest BCUT2D eigenvalue weighted by atomic mass is 9.91. The maximum absolute atomic E-state index is 12.5. The fourth-order valence-corrected chi connectivity index (χ4v) is 4.89. The van der Waals surface area contributed by atoms with Crippen LogP contribution in [0, 0.1) is 0 Å². The topological polar surface area (TPSA) is 59.4 Å². The highest BCUT2D eigenvalue weighted by Gasteiger charge is 2.50. The van der Waals surface area contributed by atoms with Gasteiger partial charge in [-0.2, -0.15) is 5.10 Å². The van der Waals surface area contributed by atoms with Crippen LogP contribution in [0.4, 0.5) is 0 Å². The van der Waals surface area contributed by atoms with Crippen molar-refractivity contribution in [3.63, 3.8) is 0 Å². The maximum Gasteiger partial charge on any atom is 0.272 e. The lowest BCUT2D eigenvalue weighted by molar-refractivity contribution is 0.0539. The summed E-state index contributed by atoms with van der Waals surface area (Å²) < 4.78 is 7.10. The van der Waals surface area contributed by atoms with Crippen molar-refractivity contribution in [3.05, 3.63) is 18.0 Å². The molecule has 1 atom stereocenters. The molecule has 6 nitrogen and oxygen atoms in total. The summed E-state index contributed by atoms with van der Waals surface area (Å²) in [5.74, 6) is 1.24. The summed E-state index contributed by atoms with van der Waals surface area (Å²) in [6, 6.07) is 2.35. The summed E-state index contributed by atoms with van der Waals surface area (Å²) >= 11 is 2.01. The molecule has 0 saturated carbocycles. The van der Waals surface area contributed by atoms with Crippen LogP contribution in [0.2, 0.25) is 0 Å². The number of carbonyl (C=O) groups is 1. The third-order valence-electron chi connectivity index (χ3n) is 4.43. The van der Waals surface area contributed by atoms with Crippen molar-refractivity contribution in [2.24, 2.45) is 0 Å². The van der Waals surface area contributed by atoms with Gasteiger partial charge in [-0.25, -0.2) is 0 Å². The molecule has 22 heavy (non-hydrogen) atoms. The van der Waals surface area contributed by atoms with Crippen molar-refractivity contribution in [1.29, 1.82) is 0 Å². The second kappa shape index (κ2) is 6.60. The van der Waals surface area contributed by atoms with Crippen LogP contribution < -0.4 is 5.32 Å². The van der Waals surface area contributed by atoms with Crippen LogP contribution in [0.5, 0.6) is 0 Å². The number of amides is 1. The number of likely N-dealkylation sites (tertiary alicyclic amines) is 1. The van der Waals surface area contributed by atoms with Gasteiger partial charge in [0.25, 0.3) is 5.91 Å². The van der Waals surface area contributed by atoms with Crippen LogP contribution in [-0.2, 0) is 11.3 Å². The molecular formula is C15H24N4O2S. The highest BCUT2D eigenvalue weighted by Crippen LogP contribution is 2.45. The summed E-state index contributed by atoms with van der Waals surface area (Å²) in [6.45, 7) is 6.09. The number of hydrogen-bond donors (Lipinski definition) is 1. The zero-order chi connectivity index (χ0) is 15.6. The monoisotopic (exact) mass is 324 g/mol. The highest BCUT2D eigenvalue weighted by atomic mass is 32.2. The second-order valence-electron chi connectivity index (χ2n) is 6.04. The van der Waals surface area contributed by atoms with Gasteiger partial charge in [0.1, 0.15) is 5.69 Å². The Morgan fingerprint density at radius 1 is 1.59 bits per heavy atom. The molecule has 0 aromatic carbocycles. The van der Waals surface area contributed by atoms with Gasteiger partial charge < -0.3 is 15.0 Å². The van der Waals surface area contributed by atoms with E-state index in [1.54, 1.807) is 18.0 Å². The molecule has 122 valence electrons. The van der Waals surface area contributed by atoms with Crippen molar-refractivity contribution < 1.29 is 9.53 Å². The standard InChI is InChI=1S/C15H24N4O2S/c1-3-19-13(4-5-17-19)14(20)18-10-15(11-18)8-12(9-22-15)16-6-7-21-2/h4-5,12,16H,3,6-11H2,1-2H3. The molecule has 1 aromatic rings. The first-order valence-electron chi connectivity index (χ1n) is 7.85. The van der Waals surface area contributed by atoms with E-state index >= 15 is 0 Å². The average molecular weight is 324 g/mol. The highest BCUT2D eigenvalue weighted by molar-refractivity contribution is 8.01. The summed E-state index contributed by atoms with van der Waals surface area (Å²) in [5.41, 5.74) is 0.704. The molecule has 7 heteroatoms. The van der Waals surface area contributed by atoms with E-state index in [1.165, 1.54) is 0 Å². The van der Waals surface area contributed by atoms with E-state index in [4.69, 9.17) is 4.74 Å².